The molecule has 6 rings (SSSR count). The van der Waals surface area contributed by atoms with Crippen molar-refractivity contribution in [2.24, 2.45) is 11.7 Å². The number of nitrogens with zero attached hydrogens (tertiary/aromatic N) is 7. The van der Waals surface area contributed by atoms with Crippen molar-refractivity contribution in [1.82, 2.24) is 14.9 Å². The van der Waals surface area contributed by atoms with Gasteiger partial charge in [-0.1, -0.05) is 6.92 Å². The zero-order valence-corrected chi connectivity index (χ0v) is 20.4. The second-order valence-electron chi connectivity index (χ2n) is 10.2. The Morgan fingerprint density at radius 1 is 0.971 bits per heavy atom. The van der Waals surface area contributed by atoms with Gasteiger partial charge in [0.15, 0.2) is 0 Å². The molecule has 3 aromatic rings. The molecule has 0 spiro atoms. The van der Waals surface area contributed by atoms with Gasteiger partial charge in [0.05, 0.1) is 17.2 Å². The van der Waals surface area contributed by atoms with Crippen molar-refractivity contribution >= 4 is 28.1 Å². The van der Waals surface area contributed by atoms with E-state index in [2.05, 4.69) is 73.7 Å². The quantitative estimate of drug-likeness (QED) is 0.628. The lowest BCUT2D eigenvalue weighted by atomic mass is 9.98. The van der Waals surface area contributed by atoms with Crippen LogP contribution in [0.25, 0.3) is 10.9 Å². The van der Waals surface area contributed by atoms with Gasteiger partial charge >= 0.3 is 0 Å². The number of fused-ring (bicyclic) bond motifs is 2. The molecule has 1 aromatic carbocycles. The summed E-state index contributed by atoms with van der Waals surface area (Å²) in [5.74, 6) is 1.48. The molecule has 2 N–H and O–H groups in total. The van der Waals surface area contributed by atoms with Crippen molar-refractivity contribution in [3.63, 3.8) is 0 Å². The highest BCUT2D eigenvalue weighted by Crippen LogP contribution is 2.34. The van der Waals surface area contributed by atoms with Gasteiger partial charge in [-0.15, -0.1) is 0 Å². The fourth-order valence-corrected chi connectivity index (χ4v) is 6.04. The molecule has 8 nitrogen and oxygen atoms in total. The van der Waals surface area contributed by atoms with Crippen molar-refractivity contribution < 1.29 is 0 Å². The summed E-state index contributed by atoms with van der Waals surface area (Å²) in [6.07, 6.45) is 3.74. The van der Waals surface area contributed by atoms with E-state index in [9.17, 15) is 5.26 Å². The maximum atomic E-state index is 9.54. The largest absolute Gasteiger partial charge is 0.368 e. The number of anilines is 3. The summed E-state index contributed by atoms with van der Waals surface area (Å²) in [7, 11) is 0. The van der Waals surface area contributed by atoms with E-state index in [0.717, 1.165) is 56.0 Å². The van der Waals surface area contributed by atoms with Crippen molar-refractivity contribution in [3.8, 4) is 6.07 Å². The van der Waals surface area contributed by atoms with E-state index in [1.165, 1.54) is 11.4 Å². The van der Waals surface area contributed by atoms with Gasteiger partial charge in [-0.2, -0.15) is 5.26 Å². The van der Waals surface area contributed by atoms with Gasteiger partial charge in [0.1, 0.15) is 11.9 Å². The topological polar surface area (TPSA) is 88.5 Å². The molecule has 4 atom stereocenters. The molecule has 0 saturated carbocycles. The van der Waals surface area contributed by atoms with Gasteiger partial charge < -0.3 is 20.4 Å². The molecule has 3 aliphatic rings. The van der Waals surface area contributed by atoms with Crippen LogP contribution in [0.2, 0.25) is 0 Å². The molecule has 5 heterocycles. The Labute approximate surface area is 206 Å². The van der Waals surface area contributed by atoms with E-state index in [4.69, 9.17) is 5.73 Å². The summed E-state index contributed by atoms with van der Waals surface area (Å²) in [6, 6.07) is 15.5. The number of pyridine rings is 2. The molecule has 8 heteroatoms. The summed E-state index contributed by atoms with van der Waals surface area (Å²) in [4.78, 5) is 19.0. The third-order valence-electron chi connectivity index (χ3n) is 8.03. The molecule has 0 amide bonds. The Balaban J connectivity index is 1.25. The van der Waals surface area contributed by atoms with E-state index in [1.54, 1.807) is 6.20 Å². The predicted molar refractivity (Wildman–Crippen MR) is 140 cm³/mol. The van der Waals surface area contributed by atoms with E-state index in [1.807, 2.05) is 18.3 Å². The number of piperazine rings is 2. The first-order valence-corrected chi connectivity index (χ1v) is 12.5. The van der Waals surface area contributed by atoms with Crippen LogP contribution in [0.4, 0.5) is 17.2 Å². The molecule has 0 radical (unpaired) electrons. The van der Waals surface area contributed by atoms with Gasteiger partial charge in [0, 0.05) is 92.5 Å². The first-order valence-electron chi connectivity index (χ1n) is 12.5. The van der Waals surface area contributed by atoms with E-state index < -0.39 is 0 Å². The van der Waals surface area contributed by atoms with Gasteiger partial charge in [0.25, 0.3) is 0 Å². The van der Waals surface area contributed by atoms with Crippen LogP contribution in [0, 0.1) is 17.2 Å². The van der Waals surface area contributed by atoms with Crippen LogP contribution in [-0.4, -0.2) is 72.4 Å². The standard InChI is InChI=1S/C27H32N8/c1-18-14-35(27(18)29)25-12-21(7-9-30-25)32-10-11-34-19(2)15-33(17-22(34)16-32)24-6-5-20(13-28)26-23(24)4-3-8-31-26/h3-9,12,18-19,22,27H,10-11,14-17,29H2,1-2H3/t18?,19-,22+,27?/m1/s1. The Hall–Kier alpha value is -3.41. The lowest BCUT2D eigenvalue weighted by Gasteiger charge is -2.52. The van der Waals surface area contributed by atoms with E-state index in [-0.39, 0.29) is 6.17 Å². The molecular weight excluding hydrogens is 436 g/mol. The average molecular weight is 469 g/mol. The zero-order chi connectivity index (χ0) is 24.1. The number of nitriles is 1. The molecule has 3 saturated heterocycles. The Bertz CT molecular complexity index is 1290. The minimum absolute atomic E-state index is 0.0547. The van der Waals surface area contributed by atoms with E-state index >= 15 is 0 Å². The van der Waals surface area contributed by atoms with Crippen molar-refractivity contribution in [1.29, 1.82) is 5.26 Å². The molecule has 3 aliphatic heterocycles. The predicted octanol–water partition coefficient (Wildman–Crippen LogP) is 2.64. The Morgan fingerprint density at radius 3 is 2.63 bits per heavy atom. The summed E-state index contributed by atoms with van der Waals surface area (Å²) >= 11 is 0. The van der Waals surface area contributed by atoms with Crippen molar-refractivity contribution in [2.45, 2.75) is 32.1 Å². The Morgan fingerprint density at radius 2 is 1.83 bits per heavy atom. The first kappa shape index (κ1) is 22.1. The van der Waals surface area contributed by atoms with Crippen LogP contribution >= 0.6 is 0 Å². The molecule has 2 aromatic heterocycles. The second kappa shape index (κ2) is 8.67. The molecule has 35 heavy (non-hydrogen) atoms. The second-order valence-corrected chi connectivity index (χ2v) is 10.2. The van der Waals surface area contributed by atoms with Crippen molar-refractivity contribution in [3.05, 3.63) is 54.4 Å². The number of aromatic nitrogens is 2. The molecular formula is C27H32N8. The van der Waals surface area contributed by atoms with Crippen LogP contribution in [-0.2, 0) is 0 Å². The maximum Gasteiger partial charge on any atom is 0.131 e. The number of benzene rings is 1. The normalized spacial score (nSPS) is 26.9. The summed E-state index contributed by atoms with van der Waals surface area (Å²) in [5.41, 5.74) is 10.1. The molecule has 2 unspecified atom stereocenters. The van der Waals surface area contributed by atoms with Gasteiger partial charge in [-0.05, 0) is 37.3 Å². The third kappa shape index (κ3) is 3.76. The monoisotopic (exact) mass is 468 g/mol. The molecule has 0 bridgehead atoms. The number of nitrogens with two attached hydrogens (primary N) is 1. The summed E-state index contributed by atoms with van der Waals surface area (Å²) in [5, 5.41) is 10.6. The lowest BCUT2D eigenvalue weighted by Crippen LogP contribution is -2.65. The fraction of sp³-hybridized carbons (Fsp3) is 0.444. The van der Waals surface area contributed by atoms with Crippen LogP contribution < -0.4 is 20.4 Å². The molecule has 3 fully saturated rings. The number of rotatable bonds is 3. The van der Waals surface area contributed by atoms with Gasteiger partial charge in [0.2, 0.25) is 0 Å². The Kier molecular flexibility index (Phi) is 5.47. The molecule has 180 valence electrons. The lowest BCUT2D eigenvalue weighted by molar-refractivity contribution is 0.108. The van der Waals surface area contributed by atoms with Gasteiger partial charge in [-0.25, -0.2) is 4.98 Å². The minimum atomic E-state index is 0.0547. The number of hydrogen-bond donors (Lipinski definition) is 1. The highest BCUT2D eigenvalue weighted by Gasteiger charge is 2.37. The highest BCUT2D eigenvalue weighted by molar-refractivity contribution is 5.95. The van der Waals surface area contributed by atoms with Crippen LogP contribution in [0.15, 0.2) is 48.8 Å². The maximum absolute atomic E-state index is 9.54. The summed E-state index contributed by atoms with van der Waals surface area (Å²) in [6.45, 7) is 10.4. The minimum Gasteiger partial charge on any atom is -0.368 e. The van der Waals surface area contributed by atoms with Gasteiger partial charge in [-0.3, -0.25) is 9.88 Å². The van der Waals surface area contributed by atoms with Crippen LogP contribution in [0.3, 0.4) is 0 Å². The van der Waals surface area contributed by atoms with Crippen molar-refractivity contribution in [2.75, 3.05) is 54.0 Å². The van der Waals surface area contributed by atoms with Crippen LogP contribution in [0.1, 0.15) is 19.4 Å². The van der Waals surface area contributed by atoms with E-state index in [0.29, 0.717) is 23.6 Å². The van der Waals surface area contributed by atoms with Crippen LogP contribution in [0.5, 0.6) is 0 Å². The summed E-state index contributed by atoms with van der Waals surface area (Å²) < 4.78 is 0. The highest BCUT2D eigenvalue weighted by atomic mass is 15.4. The third-order valence-corrected chi connectivity index (χ3v) is 8.03. The smallest absolute Gasteiger partial charge is 0.131 e. The fourth-order valence-electron chi connectivity index (χ4n) is 6.04. The zero-order valence-electron chi connectivity index (χ0n) is 20.4. The average Bonchev–Trinajstić information content (AvgIpc) is 2.90. The molecule has 0 aliphatic carbocycles. The number of hydrogen-bond acceptors (Lipinski definition) is 8. The first-order chi connectivity index (χ1) is 17.0. The SMILES string of the molecule is CC1CN(c2cc(N3CCN4[C@@H](C3)CN(c3ccc(C#N)c5ncccc35)C[C@H]4C)ccn2)C1N.